The first-order valence-corrected chi connectivity index (χ1v) is 10.4. The van der Waals surface area contributed by atoms with Gasteiger partial charge in [-0.15, -0.1) is 0 Å². The summed E-state index contributed by atoms with van der Waals surface area (Å²) in [7, 11) is 0. The number of rotatable bonds is 5. The van der Waals surface area contributed by atoms with Crippen LogP contribution in [0.4, 0.5) is 36.3 Å². The van der Waals surface area contributed by atoms with Gasteiger partial charge in [0, 0.05) is 17.8 Å². The molecule has 0 saturated carbocycles. The number of nitrogens with zero attached hydrogens (tertiary/aromatic N) is 1. The van der Waals surface area contributed by atoms with Crippen molar-refractivity contribution in [2.45, 2.75) is 31.9 Å². The van der Waals surface area contributed by atoms with Crippen molar-refractivity contribution in [2.24, 2.45) is 0 Å². The predicted molar refractivity (Wildman–Crippen MR) is 120 cm³/mol. The minimum absolute atomic E-state index is 0.0272. The quantitative estimate of drug-likeness (QED) is 0.446. The van der Waals surface area contributed by atoms with E-state index in [1.54, 1.807) is 12.1 Å². The molecule has 1 atom stereocenters. The van der Waals surface area contributed by atoms with Crippen LogP contribution < -0.4 is 21.5 Å². The molecule has 8 nitrogen and oxygen atoms in total. The summed E-state index contributed by atoms with van der Waals surface area (Å²) in [5, 5.41) is 7.84. The second-order valence-corrected chi connectivity index (χ2v) is 7.69. The number of anilines is 4. The van der Waals surface area contributed by atoms with Crippen LogP contribution in [0.1, 0.15) is 36.0 Å². The number of nitrogens with one attached hydrogen (secondary N) is 4. The van der Waals surface area contributed by atoms with Crippen LogP contribution >= 0.6 is 0 Å². The number of aromatic nitrogens is 2. The van der Waals surface area contributed by atoms with E-state index in [1.807, 2.05) is 19.1 Å². The number of para-hydroxylation sites is 1. The first kappa shape index (κ1) is 23.0. The minimum atomic E-state index is -4.54. The average Bonchev–Trinajstić information content (AvgIpc) is 2.78. The molecule has 1 aliphatic heterocycles. The van der Waals surface area contributed by atoms with Crippen LogP contribution in [-0.2, 0) is 22.2 Å². The zero-order valence-corrected chi connectivity index (χ0v) is 17.9. The number of carbonyl (C=O) groups is 2. The number of hydrogen-bond donors (Lipinski definition) is 4. The third kappa shape index (κ3) is 4.77. The SMILES string of the molecule is CCc1ccccc1NC(=O)[C@H]1CC(=O)Nc2nc(Nc3cccc(C(F)(F)F)c3)[nH]c(=O)c21. The van der Waals surface area contributed by atoms with Crippen molar-refractivity contribution in [3.05, 3.63) is 75.6 Å². The second-order valence-electron chi connectivity index (χ2n) is 7.69. The Balaban J connectivity index is 1.64. The molecule has 1 aliphatic rings. The number of hydrogen-bond acceptors (Lipinski definition) is 5. The second kappa shape index (κ2) is 9.00. The van der Waals surface area contributed by atoms with Crippen molar-refractivity contribution >= 4 is 35.0 Å². The molecule has 4 rings (SSSR count). The summed E-state index contributed by atoms with van der Waals surface area (Å²) in [5.74, 6) is -2.45. The number of benzene rings is 2. The van der Waals surface area contributed by atoms with Gasteiger partial charge in [0.1, 0.15) is 5.82 Å². The molecular formula is C23H20F3N5O3. The fourth-order valence-electron chi connectivity index (χ4n) is 3.73. The van der Waals surface area contributed by atoms with Gasteiger partial charge >= 0.3 is 6.18 Å². The summed E-state index contributed by atoms with van der Waals surface area (Å²) in [6, 6.07) is 11.5. The monoisotopic (exact) mass is 471 g/mol. The van der Waals surface area contributed by atoms with E-state index in [0.717, 1.165) is 17.7 Å². The van der Waals surface area contributed by atoms with Gasteiger partial charge in [0.2, 0.25) is 17.8 Å². The van der Waals surface area contributed by atoms with Crippen molar-refractivity contribution in [3.63, 3.8) is 0 Å². The Bertz CT molecular complexity index is 1320. The average molecular weight is 471 g/mol. The molecule has 1 aromatic heterocycles. The Morgan fingerprint density at radius 3 is 2.65 bits per heavy atom. The molecule has 4 N–H and O–H groups in total. The maximum atomic E-state index is 13.0. The first-order chi connectivity index (χ1) is 16.2. The van der Waals surface area contributed by atoms with E-state index in [9.17, 15) is 27.6 Å². The van der Waals surface area contributed by atoms with Crippen LogP contribution in [0.2, 0.25) is 0 Å². The summed E-state index contributed by atoms with van der Waals surface area (Å²) in [5.41, 5.74) is -0.0939. The van der Waals surface area contributed by atoms with Gasteiger partial charge in [-0.25, -0.2) is 0 Å². The first-order valence-electron chi connectivity index (χ1n) is 10.4. The van der Waals surface area contributed by atoms with Crippen molar-refractivity contribution in [1.29, 1.82) is 0 Å². The van der Waals surface area contributed by atoms with Crippen LogP contribution in [0.3, 0.4) is 0 Å². The largest absolute Gasteiger partial charge is 0.416 e. The van der Waals surface area contributed by atoms with Gasteiger partial charge < -0.3 is 16.0 Å². The fourth-order valence-corrected chi connectivity index (χ4v) is 3.73. The number of aryl methyl sites for hydroxylation is 1. The smallest absolute Gasteiger partial charge is 0.326 e. The number of amides is 2. The molecule has 34 heavy (non-hydrogen) atoms. The van der Waals surface area contributed by atoms with E-state index in [1.165, 1.54) is 12.1 Å². The summed E-state index contributed by atoms with van der Waals surface area (Å²) in [6.07, 6.45) is -4.12. The standard InChI is InChI=1S/C23H20F3N5O3/c1-2-12-6-3-4-9-16(12)28-20(33)15-11-17(32)29-19-18(15)21(34)31-22(30-19)27-14-8-5-7-13(10-14)23(24,25)26/h3-10,15H,2,11H2,1H3,(H,28,33)(H3,27,29,30,31,32,34)/t15-/m0/s1. The maximum Gasteiger partial charge on any atom is 0.416 e. The van der Waals surface area contributed by atoms with Gasteiger partial charge in [0.05, 0.1) is 17.0 Å². The van der Waals surface area contributed by atoms with E-state index < -0.39 is 35.0 Å². The number of alkyl halides is 3. The van der Waals surface area contributed by atoms with Gasteiger partial charge in [-0.2, -0.15) is 18.2 Å². The molecular weight excluding hydrogens is 451 g/mol. The Morgan fingerprint density at radius 1 is 1.15 bits per heavy atom. The summed E-state index contributed by atoms with van der Waals surface area (Å²) < 4.78 is 38.9. The van der Waals surface area contributed by atoms with Gasteiger partial charge in [-0.1, -0.05) is 31.2 Å². The minimum Gasteiger partial charge on any atom is -0.326 e. The predicted octanol–water partition coefficient (Wildman–Crippen LogP) is 4.16. The molecule has 176 valence electrons. The van der Waals surface area contributed by atoms with Crippen LogP contribution in [0.25, 0.3) is 0 Å². The van der Waals surface area contributed by atoms with Crippen molar-refractivity contribution in [1.82, 2.24) is 9.97 Å². The van der Waals surface area contributed by atoms with Crippen LogP contribution in [0.15, 0.2) is 53.3 Å². The van der Waals surface area contributed by atoms with Crippen LogP contribution in [0.5, 0.6) is 0 Å². The molecule has 3 aromatic rings. The maximum absolute atomic E-state index is 13.0. The van der Waals surface area contributed by atoms with Crippen molar-refractivity contribution < 1.29 is 22.8 Å². The van der Waals surface area contributed by atoms with E-state index in [-0.39, 0.29) is 29.4 Å². The van der Waals surface area contributed by atoms with Gasteiger partial charge in [-0.3, -0.25) is 19.4 Å². The van der Waals surface area contributed by atoms with Gasteiger partial charge in [0.25, 0.3) is 5.56 Å². The Hall–Kier alpha value is -4.15. The number of fused-ring (bicyclic) bond motifs is 1. The van der Waals surface area contributed by atoms with Crippen molar-refractivity contribution in [3.8, 4) is 0 Å². The van der Waals surface area contributed by atoms with E-state index >= 15 is 0 Å². The number of carbonyl (C=O) groups excluding carboxylic acids is 2. The summed E-state index contributed by atoms with van der Waals surface area (Å²) in [6.45, 7) is 1.93. The van der Waals surface area contributed by atoms with E-state index in [2.05, 4.69) is 25.9 Å². The molecule has 0 aliphatic carbocycles. The molecule has 2 aromatic carbocycles. The molecule has 2 heterocycles. The molecule has 2 amide bonds. The lowest BCUT2D eigenvalue weighted by atomic mass is 9.92. The molecule has 0 bridgehead atoms. The van der Waals surface area contributed by atoms with Gasteiger partial charge in [0.15, 0.2) is 0 Å². The molecule has 0 saturated heterocycles. The number of aromatic amines is 1. The third-order valence-corrected chi connectivity index (χ3v) is 5.38. The Morgan fingerprint density at radius 2 is 1.91 bits per heavy atom. The van der Waals surface area contributed by atoms with Crippen LogP contribution in [-0.4, -0.2) is 21.8 Å². The van der Waals surface area contributed by atoms with Crippen molar-refractivity contribution in [2.75, 3.05) is 16.0 Å². The third-order valence-electron chi connectivity index (χ3n) is 5.38. The summed E-state index contributed by atoms with van der Waals surface area (Å²) >= 11 is 0. The molecule has 0 unspecified atom stereocenters. The normalized spacial score (nSPS) is 15.3. The lowest BCUT2D eigenvalue weighted by Gasteiger charge is -2.24. The highest BCUT2D eigenvalue weighted by molar-refractivity contribution is 6.04. The number of H-pyrrole nitrogens is 1. The molecule has 11 heteroatoms. The number of halogens is 3. The fraction of sp³-hybridized carbons (Fsp3) is 0.217. The van der Waals surface area contributed by atoms with Crippen LogP contribution in [0, 0.1) is 0 Å². The van der Waals surface area contributed by atoms with E-state index in [4.69, 9.17) is 0 Å². The Labute approximate surface area is 191 Å². The Kier molecular flexibility index (Phi) is 6.10. The highest BCUT2D eigenvalue weighted by Gasteiger charge is 2.35. The lowest BCUT2D eigenvalue weighted by molar-refractivity contribution is -0.137. The highest BCUT2D eigenvalue weighted by atomic mass is 19.4. The highest BCUT2D eigenvalue weighted by Crippen LogP contribution is 2.33. The molecule has 0 fully saturated rings. The van der Waals surface area contributed by atoms with Gasteiger partial charge in [-0.05, 0) is 36.2 Å². The lowest BCUT2D eigenvalue weighted by Crippen LogP contribution is -2.36. The molecule has 0 radical (unpaired) electrons. The van der Waals surface area contributed by atoms with E-state index in [0.29, 0.717) is 12.1 Å². The zero-order chi connectivity index (χ0) is 24.5. The topological polar surface area (TPSA) is 116 Å². The zero-order valence-electron chi connectivity index (χ0n) is 17.9. The summed E-state index contributed by atoms with van der Waals surface area (Å²) in [4.78, 5) is 44.7. The molecule has 0 spiro atoms.